The number of ether oxygens (including phenoxy) is 6. The molecule has 2 atom stereocenters. The lowest BCUT2D eigenvalue weighted by molar-refractivity contribution is -0.605. The van der Waals surface area contributed by atoms with Crippen LogP contribution in [0.2, 0.25) is 10.0 Å². The largest absolute Gasteiger partial charge is 0.619 e. The number of halogens is 4. The molecule has 2 fully saturated rings. The molecule has 2 saturated carbocycles. The predicted octanol–water partition coefficient (Wildman–Crippen LogP) is 7.05. The third-order valence-corrected chi connectivity index (χ3v) is 9.84. The first-order valence-corrected chi connectivity index (χ1v) is 19.8. The average Bonchev–Trinajstić information content (AvgIpc) is 4.05. The Morgan fingerprint density at radius 1 is 0.930 bits per heavy atom. The summed E-state index contributed by atoms with van der Waals surface area (Å²) in [5.41, 5.74) is 0.199. The number of pyridine rings is 1. The number of carbonyl (C=O) groups is 3. The van der Waals surface area contributed by atoms with Gasteiger partial charge in [-0.15, -0.1) is 0 Å². The molecule has 2 unspecified atom stereocenters. The third-order valence-electron chi connectivity index (χ3n) is 8.48. The zero-order chi connectivity index (χ0) is 41.4. The number of hydrogen-bond acceptors (Lipinski definition) is 11. The van der Waals surface area contributed by atoms with Crippen LogP contribution in [0.4, 0.5) is 14.5 Å². The van der Waals surface area contributed by atoms with Crippen LogP contribution in [-0.4, -0.2) is 58.6 Å². The van der Waals surface area contributed by atoms with Crippen LogP contribution in [0.25, 0.3) is 0 Å². The summed E-state index contributed by atoms with van der Waals surface area (Å²) in [5, 5.41) is 11.8. The molecule has 310 valence electrons. The molecule has 0 bridgehead atoms. The van der Waals surface area contributed by atoms with Gasteiger partial charge in [-0.3, -0.25) is 23.2 Å². The number of rotatable bonds is 20. The molecule has 0 spiro atoms. The zero-order valence-corrected chi connectivity index (χ0v) is 33.6. The van der Waals surface area contributed by atoms with Gasteiger partial charge in [-0.1, -0.05) is 35.3 Å². The van der Waals surface area contributed by atoms with Gasteiger partial charge >= 0.3 is 24.5 Å². The van der Waals surface area contributed by atoms with E-state index in [9.17, 15) is 37.1 Å². The highest BCUT2D eigenvalue weighted by molar-refractivity contribution is 7.80. The molecule has 2 aromatic carbocycles. The highest BCUT2D eigenvalue weighted by Crippen LogP contribution is 2.39. The predicted molar refractivity (Wildman–Crippen MR) is 202 cm³/mol. The quantitative estimate of drug-likeness (QED) is 0.0307. The van der Waals surface area contributed by atoms with Crippen molar-refractivity contribution < 1.29 is 65.1 Å². The molecular formula is C38H42Cl2F2N2O12S. The van der Waals surface area contributed by atoms with Gasteiger partial charge in [-0.2, -0.15) is 13.5 Å². The third kappa shape index (κ3) is 13.9. The van der Waals surface area contributed by atoms with Crippen LogP contribution >= 0.6 is 23.2 Å². The maximum atomic E-state index is 13.2. The Labute approximate surface area is 340 Å². The second-order valence-corrected chi connectivity index (χ2v) is 16.3. The Balaban J connectivity index is 1.30. The zero-order valence-electron chi connectivity index (χ0n) is 31.3. The molecule has 0 radical (unpaired) electrons. The second kappa shape index (κ2) is 19.3. The van der Waals surface area contributed by atoms with Crippen LogP contribution in [0.3, 0.4) is 0 Å². The van der Waals surface area contributed by atoms with E-state index in [0.29, 0.717) is 22.8 Å². The van der Waals surface area contributed by atoms with E-state index < -0.39 is 60.5 Å². The van der Waals surface area contributed by atoms with E-state index in [1.807, 2.05) is 0 Å². The fourth-order valence-corrected chi connectivity index (χ4v) is 6.51. The lowest BCUT2D eigenvalue weighted by Gasteiger charge is -2.25. The Bertz CT molecular complexity index is 1940. The number of anilines is 1. The summed E-state index contributed by atoms with van der Waals surface area (Å²) in [6, 6.07) is 8.43. The maximum absolute atomic E-state index is 13.2. The standard InChI is InChI=1S/C38H42Cl2F2N2O12S/c1-38(2,3)56-36(47)18-44(57(49)50)29-10-8-24(12-32(29)51-19-22-4-5-22)21-53-34(45)15-35(46)54-31(14-26-27(39)16-43(48)17-28(26)40)25-9-11-30(55-37(41)42)33(13-25)52-20-23-6-7-23/h8-13,16-17,22-23,31,37H,4-7,14-15,18-21H2,1-3H3,(H,49,50). The van der Waals surface area contributed by atoms with Gasteiger partial charge < -0.3 is 33.6 Å². The average molecular weight is 860 g/mol. The smallest absolute Gasteiger partial charge is 0.387 e. The first-order chi connectivity index (χ1) is 26.9. The molecule has 1 aromatic heterocycles. The lowest BCUT2D eigenvalue weighted by Crippen LogP contribution is -2.36. The Hall–Kier alpha value is -4.45. The molecule has 14 nitrogen and oxygen atoms in total. The SMILES string of the molecule is CC(C)(C)OC(=O)CN(c1ccc(COC(=O)CC(=O)OC(Cc2c(Cl)c[n+]([O-])cc2Cl)c2ccc(OC(F)F)c(OCC3CC3)c2)cc1OCC1CC1)S(=O)O. The van der Waals surface area contributed by atoms with Gasteiger partial charge in [-0.05, 0) is 93.7 Å². The van der Waals surface area contributed by atoms with Gasteiger partial charge in [0.05, 0.1) is 18.9 Å². The molecule has 57 heavy (non-hydrogen) atoms. The minimum absolute atomic E-state index is 0.0208. The highest BCUT2D eigenvalue weighted by atomic mass is 35.5. The van der Waals surface area contributed by atoms with Gasteiger partial charge in [0.15, 0.2) is 23.9 Å². The van der Waals surface area contributed by atoms with E-state index in [4.69, 9.17) is 46.9 Å². The first kappa shape index (κ1) is 43.7. The van der Waals surface area contributed by atoms with Crippen molar-refractivity contribution in [3.8, 4) is 17.2 Å². The highest BCUT2D eigenvalue weighted by Gasteiger charge is 2.29. The minimum Gasteiger partial charge on any atom is -0.619 e. The summed E-state index contributed by atoms with van der Waals surface area (Å²) in [4.78, 5) is 38.7. The van der Waals surface area contributed by atoms with Crippen LogP contribution in [0.5, 0.6) is 17.2 Å². The van der Waals surface area contributed by atoms with Crippen LogP contribution in [0.1, 0.15) is 75.7 Å². The molecule has 2 aliphatic rings. The van der Waals surface area contributed by atoms with Crippen LogP contribution in [0, 0.1) is 17.0 Å². The van der Waals surface area contributed by atoms with E-state index in [0.717, 1.165) is 42.4 Å². The van der Waals surface area contributed by atoms with E-state index in [1.165, 1.54) is 36.4 Å². The van der Waals surface area contributed by atoms with Crippen molar-refractivity contribution in [1.29, 1.82) is 0 Å². The summed E-state index contributed by atoms with van der Waals surface area (Å²) >= 11 is 10.0. The molecule has 5 rings (SSSR count). The monoisotopic (exact) mass is 858 g/mol. The van der Waals surface area contributed by atoms with E-state index in [-0.39, 0.29) is 69.7 Å². The number of benzene rings is 2. The summed E-state index contributed by atoms with van der Waals surface area (Å²) in [6.45, 7) is 1.55. The molecule has 1 heterocycles. The van der Waals surface area contributed by atoms with Crippen molar-refractivity contribution >= 4 is 58.1 Å². The molecule has 0 amide bonds. The minimum atomic E-state index is -3.14. The molecular weight excluding hydrogens is 817 g/mol. The van der Waals surface area contributed by atoms with E-state index in [1.54, 1.807) is 20.8 Å². The fourth-order valence-electron chi connectivity index (χ4n) is 5.37. The number of esters is 3. The van der Waals surface area contributed by atoms with Crippen molar-refractivity contribution in [2.75, 3.05) is 24.1 Å². The van der Waals surface area contributed by atoms with Gasteiger partial charge in [-0.25, -0.2) is 4.21 Å². The second-order valence-electron chi connectivity index (χ2n) is 14.6. The van der Waals surface area contributed by atoms with Crippen molar-refractivity contribution in [3.63, 3.8) is 0 Å². The van der Waals surface area contributed by atoms with Crippen LogP contribution in [0.15, 0.2) is 48.8 Å². The molecule has 19 heteroatoms. The van der Waals surface area contributed by atoms with E-state index in [2.05, 4.69) is 4.74 Å². The number of hydrogen-bond donors (Lipinski definition) is 1. The van der Waals surface area contributed by atoms with Crippen LogP contribution in [-0.2, 0) is 52.9 Å². The Kier molecular flexibility index (Phi) is 14.8. The first-order valence-electron chi connectivity index (χ1n) is 17.9. The summed E-state index contributed by atoms with van der Waals surface area (Å²) in [7, 11) is 0. The Morgan fingerprint density at radius 3 is 2.14 bits per heavy atom. The van der Waals surface area contributed by atoms with Gasteiger partial charge in [0.2, 0.25) is 0 Å². The Morgan fingerprint density at radius 2 is 1.56 bits per heavy atom. The van der Waals surface area contributed by atoms with Gasteiger partial charge in [0, 0.05) is 12.0 Å². The summed E-state index contributed by atoms with van der Waals surface area (Å²) in [5.74, 6) is -2.26. The molecule has 1 N–H and O–H groups in total. The normalized spacial score (nSPS) is 15.0. The molecule has 2 aliphatic carbocycles. The molecule has 3 aromatic rings. The van der Waals surface area contributed by atoms with Crippen molar-refractivity contribution in [2.45, 2.75) is 84.2 Å². The van der Waals surface area contributed by atoms with Gasteiger partial charge in [0.1, 0.15) is 47.1 Å². The summed E-state index contributed by atoms with van der Waals surface area (Å²) < 4.78 is 82.9. The number of alkyl halides is 2. The maximum Gasteiger partial charge on any atom is 0.387 e. The summed E-state index contributed by atoms with van der Waals surface area (Å²) in [6.07, 6.45) is 3.63. The van der Waals surface area contributed by atoms with Crippen molar-refractivity contribution in [1.82, 2.24) is 0 Å². The number of carbonyl (C=O) groups excluding carboxylic acids is 3. The van der Waals surface area contributed by atoms with E-state index >= 15 is 0 Å². The fraction of sp³-hybridized carbons (Fsp3) is 0.474. The lowest BCUT2D eigenvalue weighted by atomic mass is 10.0. The van der Waals surface area contributed by atoms with Gasteiger partial charge in [0.25, 0.3) is 11.3 Å². The number of aromatic nitrogens is 1. The topological polar surface area (TPSA) is 174 Å². The van der Waals surface area contributed by atoms with Crippen molar-refractivity contribution in [2.24, 2.45) is 11.8 Å². The van der Waals surface area contributed by atoms with Crippen molar-refractivity contribution in [3.05, 3.63) is 80.7 Å². The molecule has 0 saturated heterocycles. The number of nitrogens with zero attached hydrogens (tertiary/aromatic N) is 2. The van der Waals surface area contributed by atoms with Crippen LogP contribution < -0.4 is 23.2 Å². The molecule has 0 aliphatic heterocycles.